The first-order chi connectivity index (χ1) is 11.4. The van der Waals surface area contributed by atoms with Crippen LogP contribution in [0.15, 0.2) is 9.42 Å². The van der Waals surface area contributed by atoms with Crippen molar-refractivity contribution in [3.05, 3.63) is 11.5 Å². The minimum absolute atomic E-state index is 0.103. The van der Waals surface area contributed by atoms with Gasteiger partial charge in [-0.25, -0.2) is 13.1 Å². The van der Waals surface area contributed by atoms with E-state index in [9.17, 15) is 8.42 Å². The number of morpholine rings is 1. The van der Waals surface area contributed by atoms with Crippen LogP contribution in [0.25, 0.3) is 0 Å². The zero-order valence-electron chi connectivity index (χ0n) is 14.5. The second-order valence-corrected chi connectivity index (χ2v) is 8.57. The molecule has 0 amide bonds. The van der Waals surface area contributed by atoms with Crippen LogP contribution >= 0.6 is 0 Å². The number of nitrogens with one attached hydrogen (secondary N) is 1. The molecule has 1 N–H and O–H groups in total. The van der Waals surface area contributed by atoms with Gasteiger partial charge in [0.25, 0.3) is 0 Å². The normalized spacial score (nSPS) is 22.6. The van der Waals surface area contributed by atoms with Crippen molar-refractivity contribution >= 4 is 10.0 Å². The Labute approximate surface area is 143 Å². The summed E-state index contributed by atoms with van der Waals surface area (Å²) >= 11 is 0. The highest BCUT2D eigenvalue weighted by Gasteiger charge is 2.40. The fraction of sp³-hybridized carbons (Fsp3) is 0.812. The third kappa shape index (κ3) is 3.51. The Bertz CT molecular complexity index is 639. The van der Waals surface area contributed by atoms with Gasteiger partial charge in [0.2, 0.25) is 10.0 Å². The molecule has 0 atom stereocenters. The van der Waals surface area contributed by atoms with E-state index in [2.05, 4.69) is 14.8 Å². The van der Waals surface area contributed by atoms with Gasteiger partial charge in [-0.3, -0.25) is 4.90 Å². The van der Waals surface area contributed by atoms with E-state index in [1.165, 1.54) is 6.42 Å². The zero-order chi connectivity index (χ0) is 17.2. The maximum atomic E-state index is 12.7. The molecule has 136 valence electrons. The molecule has 1 aromatic rings. The van der Waals surface area contributed by atoms with E-state index in [-0.39, 0.29) is 10.4 Å². The molecule has 1 saturated carbocycles. The van der Waals surface area contributed by atoms with Gasteiger partial charge in [0.05, 0.1) is 13.2 Å². The Morgan fingerprint density at radius 3 is 2.42 bits per heavy atom. The summed E-state index contributed by atoms with van der Waals surface area (Å²) in [4.78, 5) is 2.60. The molecular weight excluding hydrogens is 330 g/mol. The second-order valence-electron chi connectivity index (χ2n) is 6.86. The summed E-state index contributed by atoms with van der Waals surface area (Å²) < 4.78 is 38.8. The highest BCUT2D eigenvalue weighted by Crippen LogP contribution is 2.34. The maximum absolute atomic E-state index is 12.7. The van der Waals surface area contributed by atoms with Gasteiger partial charge in [0, 0.05) is 25.2 Å². The summed E-state index contributed by atoms with van der Waals surface area (Å²) in [6, 6.07) is 0. The predicted molar refractivity (Wildman–Crippen MR) is 89.4 cm³/mol. The molecule has 2 fully saturated rings. The van der Waals surface area contributed by atoms with Crippen molar-refractivity contribution in [2.24, 2.45) is 0 Å². The van der Waals surface area contributed by atoms with Gasteiger partial charge in [0.15, 0.2) is 5.76 Å². The number of nitrogens with zero attached hydrogens (tertiary/aromatic N) is 2. The molecule has 2 aliphatic rings. The molecule has 2 heterocycles. The molecular formula is C16H27N3O4S. The van der Waals surface area contributed by atoms with Crippen molar-refractivity contribution in [3.63, 3.8) is 0 Å². The molecule has 0 aromatic carbocycles. The lowest BCUT2D eigenvalue weighted by molar-refractivity contribution is -0.0348. The Balaban J connectivity index is 1.78. The van der Waals surface area contributed by atoms with E-state index in [0.29, 0.717) is 18.0 Å². The Morgan fingerprint density at radius 2 is 1.83 bits per heavy atom. The van der Waals surface area contributed by atoms with E-state index in [0.717, 1.165) is 52.0 Å². The molecule has 1 aromatic heterocycles. The van der Waals surface area contributed by atoms with Gasteiger partial charge in [-0.15, -0.1) is 0 Å². The molecule has 24 heavy (non-hydrogen) atoms. The average Bonchev–Trinajstić information content (AvgIpc) is 2.94. The number of aryl methyl sites for hydroxylation is 2. The van der Waals surface area contributed by atoms with E-state index in [4.69, 9.17) is 9.26 Å². The van der Waals surface area contributed by atoms with Crippen LogP contribution in [-0.2, 0) is 14.8 Å². The van der Waals surface area contributed by atoms with Crippen molar-refractivity contribution in [3.8, 4) is 0 Å². The van der Waals surface area contributed by atoms with Crippen molar-refractivity contribution in [2.75, 3.05) is 32.8 Å². The summed E-state index contributed by atoms with van der Waals surface area (Å²) in [7, 11) is -3.62. The summed E-state index contributed by atoms with van der Waals surface area (Å²) in [5.41, 5.74) is 0.303. The summed E-state index contributed by atoms with van der Waals surface area (Å²) in [6.45, 7) is 6.90. The highest BCUT2D eigenvalue weighted by atomic mass is 32.2. The molecule has 7 nitrogen and oxygen atoms in total. The summed E-state index contributed by atoms with van der Waals surface area (Å²) in [6.07, 6.45) is 5.56. The van der Waals surface area contributed by atoms with Crippen LogP contribution < -0.4 is 4.72 Å². The molecule has 3 rings (SSSR count). The Morgan fingerprint density at radius 1 is 1.17 bits per heavy atom. The van der Waals surface area contributed by atoms with Crippen LogP contribution in [0.5, 0.6) is 0 Å². The Hall–Kier alpha value is -0.960. The molecule has 1 aliphatic carbocycles. The van der Waals surface area contributed by atoms with Crippen LogP contribution in [0.2, 0.25) is 0 Å². The smallest absolute Gasteiger partial charge is 0.246 e. The molecule has 0 unspecified atom stereocenters. The SMILES string of the molecule is Cc1noc(C)c1S(=O)(=O)NCC1(N2CCOCC2)CCCCC1. The van der Waals surface area contributed by atoms with E-state index in [1.807, 2.05) is 0 Å². The average molecular weight is 357 g/mol. The predicted octanol–water partition coefficient (Wildman–Crippen LogP) is 1.60. The number of hydrogen-bond donors (Lipinski definition) is 1. The van der Waals surface area contributed by atoms with E-state index >= 15 is 0 Å². The summed E-state index contributed by atoms with van der Waals surface area (Å²) in [5, 5.41) is 3.76. The van der Waals surface area contributed by atoms with E-state index in [1.54, 1.807) is 13.8 Å². The van der Waals surface area contributed by atoms with Crippen molar-refractivity contribution in [1.29, 1.82) is 0 Å². The lowest BCUT2D eigenvalue weighted by atomic mass is 9.80. The van der Waals surface area contributed by atoms with Gasteiger partial charge < -0.3 is 9.26 Å². The largest absolute Gasteiger partial charge is 0.379 e. The standard InChI is InChI=1S/C16H27N3O4S/c1-13-15(14(2)23-18-13)24(20,21)17-12-16(6-4-3-5-7-16)19-8-10-22-11-9-19/h17H,3-12H2,1-2H3. The lowest BCUT2D eigenvalue weighted by Gasteiger charge is -2.48. The fourth-order valence-corrected chi connectivity index (χ4v) is 5.46. The zero-order valence-corrected chi connectivity index (χ0v) is 15.3. The number of hydrogen-bond acceptors (Lipinski definition) is 6. The van der Waals surface area contributed by atoms with Gasteiger partial charge in [-0.1, -0.05) is 24.4 Å². The highest BCUT2D eigenvalue weighted by molar-refractivity contribution is 7.89. The number of rotatable bonds is 5. The maximum Gasteiger partial charge on any atom is 0.246 e. The van der Waals surface area contributed by atoms with Crippen LogP contribution in [-0.4, -0.2) is 56.9 Å². The Kier molecular flexibility index (Phi) is 5.29. The van der Waals surface area contributed by atoms with Crippen LogP contribution in [0.3, 0.4) is 0 Å². The van der Waals surface area contributed by atoms with E-state index < -0.39 is 10.0 Å². The van der Waals surface area contributed by atoms with Crippen molar-refractivity contribution in [1.82, 2.24) is 14.8 Å². The third-order valence-electron chi connectivity index (χ3n) is 5.29. The third-order valence-corrected chi connectivity index (χ3v) is 6.94. The monoisotopic (exact) mass is 357 g/mol. The minimum Gasteiger partial charge on any atom is -0.379 e. The lowest BCUT2D eigenvalue weighted by Crippen LogP contribution is -2.59. The van der Waals surface area contributed by atoms with Gasteiger partial charge in [-0.05, 0) is 26.7 Å². The second kappa shape index (κ2) is 7.11. The van der Waals surface area contributed by atoms with Crippen LogP contribution in [0.1, 0.15) is 43.6 Å². The summed E-state index contributed by atoms with van der Waals surface area (Å²) in [5.74, 6) is 0.337. The number of sulfonamides is 1. The number of ether oxygens (including phenoxy) is 1. The molecule has 1 aliphatic heterocycles. The van der Waals surface area contributed by atoms with Crippen LogP contribution in [0.4, 0.5) is 0 Å². The first-order valence-corrected chi connectivity index (χ1v) is 10.2. The first-order valence-electron chi connectivity index (χ1n) is 8.70. The molecule has 1 saturated heterocycles. The van der Waals surface area contributed by atoms with Gasteiger partial charge in [0.1, 0.15) is 10.6 Å². The molecule has 0 radical (unpaired) electrons. The van der Waals surface area contributed by atoms with Gasteiger partial charge >= 0.3 is 0 Å². The quantitative estimate of drug-likeness (QED) is 0.862. The van der Waals surface area contributed by atoms with Crippen LogP contribution in [0, 0.1) is 13.8 Å². The molecule has 0 bridgehead atoms. The van der Waals surface area contributed by atoms with Crippen molar-refractivity contribution in [2.45, 2.75) is 56.4 Å². The molecule has 0 spiro atoms. The minimum atomic E-state index is -3.62. The topological polar surface area (TPSA) is 84.7 Å². The van der Waals surface area contributed by atoms with Crippen molar-refractivity contribution < 1.29 is 17.7 Å². The first kappa shape index (κ1) is 17.8. The molecule has 8 heteroatoms. The van der Waals surface area contributed by atoms with Gasteiger partial charge in [-0.2, -0.15) is 0 Å². The number of aromatic nitrogens is 1. The fourth-order valence-electron chi connectivity index (χ4n) is 4.01.